The average Bonchev–Trinajstić information content (AvgIpc) is 3.04. The predicted octanol–water partition coefficient (Wildman–Crippen LogP) is 1.71. The van der Waals surface area contributed by atoms with Crippen LogP contribution in [0.2, 0.25) is 5.02 Å². The predicted molar refractivity (Wildman–Crippen MR) is 87.9 cm³/mol. The lowest BCUT2D eigenvalue weighted by Gasteiger charge is -2.32. The Hall–Kier alpha value is -1.92. The van der Waals surface area contributed by atoms with Crippen LogP contribution in [0.4, 0.5) is 0 Å². The quantitative estimate of drug-likeness (QED) is 0.905. The highest BCUT2D eigenvalue weighted by atomic mass is 35.5. The van der Waals surface area contributed by atoms with Gasteiger partial charge in [-0.2, -0.15) is 0 Å². The first-order valence-electron chi connectivity index (χ1n) is 7.80. The fourth-order valence-corrected chi connectivity index (χ4v) is 3.04. The summed E-state index contributed by atoms with van der Waals surface area (Å²) in [7, 11) is 0. The Bertz CT molecular complexity index is 638. The Labute approximate surface area is 140 Å². The van der Waals surface area contributed by atoms with Gasteiger partial charge in [0, 0.05) is 36.9 Å². The third-order valence-electron chi connectivity index (χ3n) is 4.08. The summed E-state index contributed by atoms with van der Waals surface area (Å²) in [5, 5.41) is 11.4. The SMILES string of the molecule is O=C(Cn1ccnn1)NC1CCN(Cc2ccccc2Cl)CC1. The molecule has 2 aromatic rings. The number of piperidine rings is 1. The molecule has 0 aliphatic carbocycles. The third-order valence-corrected chi connectivity index (χ3v) is 4.45. The summed E-state index contributed by atoms with van der Waals surface area (Å²) in [6.45, 7) is 3.00. The van der Waals surface area contributed by atoms with E-state index >= 15 is 0 Å². The van der Waals surface area contributed by atoms with Crippen LogP contribution in [0.5, 0.6) is 0 Å². The van der Waals surface area contributed by atoms with Gasteiger partial charge in [0.25, 0.3) is 0 Å². The number of hydrogen-bond donors (Lipinski definition) is 1. The van der Waals surface area contributed by atoms with Gasteiger partial charge in [0.2, 0.25) is 5.91 Å². The lowest BCUT2D eigenvalue weighted by molar-refractivity contribution is -0.122. The van der Waals surface area contributed by atoms with Crippen LogP contribution in [-0.4, -0.2) is 44.9 Å². The zero-order valence-electron chi connectivity index (χ0n) is 12.9. The van der Waals surface area contributed by atoms with E-state index in [2.05, 4.69) is 26.6 Å². The van der Waals surface area contributed by atoms with E-state index in [9.17, 15) is 4.79 Å². The van der Waals surface area contributed by atoms with Crippen LogP contribution in [0.1, 0.15) is 18.4 Å². The Morgan fingerprint density at radius 2 is 2.09 bits per heavy atom. The first-order valence-corrected chi connectivity index (χ1v) is 8.18. The topological polar surface area (TPSA) is 63.1 Å². The minimum absolute atomic E-state index is 0.0138. The molecule has 0 atom stereocenters. The number of benzene rings is 1. The van der Waals surface area contributed by atoms with Gasteiger partial charge in [-0.15, -0.1) is 5.10 Å². The summed E-state index contributed by atoms with van der Waals surface area (Å²) in [5.74, 6) is -0.0138. The van der Waals surface area contributed by atoms with Gasteiger partial charge >= 0.3 is 0 Å². The molecule has 1 aliphatic heterocycles. The fraction of sp³-hybridized carbons (Fsp3) is 0.438. The Kier molecular flexibility index (Phi) is 5.25. The number of halogens is 1. The lowest BCUT2D eigenvalue weighted by atomic mass is 10.0. The van der Waals surface area contributed by atoms with Crippen LogP contribution < -0.4 is 5.32 Å². The van der Waals surface area contributed by atoms with Gasteiger partial charge in [-0.1, -0.05) is 35.0 Å². The number of carbonyl (C=O) groups is 1. The van der Waals surface area contributed by atoms with Crippen LogP contribution in [0, 0.1) is 0 Å². The second kappa shape index (κ2) is 7.57. The van der Waals surface area contributed by atoms with Gasteiger partial charge in [-0.05, 0) is 24.5 Å². The van der Waals surface area contributed by atoms with Gasteiger partial charge in [-0.25, -0.2) is 4.68 Å². The molecule has 1 aromatic carbocycles. The smallest absolute Gasteiger partial charge is 0.242 e. The summed E-state index contributed by atoms with van der Waals surface area (Å²) in [6, 6.07) is 8.18. The van der Waals surface area contributed by atoms with E-state index in [4.69, 9.17) is 11.6 Å². The molecule has 2 heterocycles. The summed E-state index contributed by atoms with van der Waals surface area (Å²) in [6.07, 6.45) is 5.16. The van der Waals surface area contributed by atoms with Crippen molar-refractivity contribution >= 4 is 17.5 Å². The molecule has 0 unspecified atom stereocenters. The van der Waals surface area contributed by atoms with Crippen LogP contribution >= 0.6 is 11.6 Å². The third kappa shape index (κ3) is 4.53. The van der Waals surface area contributed by atoms with Crippen molar-refractivity contribution in [3.8, 4) is 0 Å². The number of aromatic nitrogens is 3. The molecule has 0 saturated carbocycles. The van der Waals surface area contributed by atoms with Gasteiger partial charge in [0.05, 0.1) is 6.20 Å². The van der Waals surface area contributed by atoms with Gasteiger partial charge in [-0.3, -0.25) is 9.69 Å². The first kappa shape index (κ1) is 16.0. The molecule has 122 valence electrons. The molecule has 23 heavy (non-hydrogen) atoms. The van der Waals surface area contributed by atoms with Crippen molar-refractivity contribution in [2.75, 3.05) is 13.1 Å². The normalized spacial score (nSPS) is 16.4. The number of amides is 1. The van der Waals surface area contributed by atoms with Crippen LogP contribution in [-0.2, 0) is 17.9 Å². The lowest BCUT2D eigenvalue weighted by Crippen LogP contribution is -2.45. The standard InChI is InChI=1S/C16H20ClN5O/c17-15-4-2-1-3-13(15)11-21-8-5-14(6-9-21)19-16(23)12-22-10-7-18-20-22/h1-4,7,10,14H,5-6,8-9,11-12H2,(H,19,23). The highest BCUT2D eigenvalue weighted by Gasteiger charge is 2.21. The number of hydrogen-bond acceptors (Lipinski definition) is 4. The maximum absolute atomic E-state index is 12.0. The summed E-state index contributed by atoms with van der Waals surface area (Å²) in [5.41, 5.74) is 1.16. The molecular weight excluding hydrogens is 314 g/mol. The molecule has 1 N–H and O–H groups in total. The van der Waals surface area contributed by atoms with E-state index in [1.165, 1.54) is 4.68 Å². The van der Waals surface area contributed by atoms with Gasteiger partial charge in [0.15, 0.2) is 0 Å². The summed E-state index contributed by atoms with van der Waals surface area (Å²) >= 11 is 6.21. The molecule has 1 aliphatic rings. The van der Waals surface area contributed by atoms with E-state index in [1.54, 1.807) is 12.4 Å². The van der Waals surface area contributed by atoms with Gasteiger partial charge in [0.1, 0.15) is 6.54 Å². The van der Waals surface area contributed by atoms with E-state index in [0.717, 1.165) is 43.1 Å². The molecule has 7 heteroatoms. The van der Waals surface area contributed by atoms with Crippen molar-refractivity contribution in [3.63, 3.8) is 0 Å². The molecule has 1 fully saturated rings. The highest BCUT2D eigenvalue weighted by molar-refractivity contribution is 6.31. The minimum Gasteiger partial charge on any atom is -0.352 e. The molecule has 3 rings (SSSR count). The number of nitrogens with one attached hydrogen (secondary N) is 1. The Morgan fingerprint density at radius 3 is 2.78 bits per heavy atom. The molecular formula is C16H20ClN5O. The largest absolute Gasteiger partial charge is 0.352 e. The van der Waals surface area contributed by atoms with Crippen molar-refractivity contribution in [1.82, 2.24) is 25.2 Å². The second-order valence-electron chi connectivity index (χ2n) is 5.81. The van der Waals surface area contributed by atoms with Crippen LogP contribution in [0.15, 0.2) is 36.7 Å². The van der Waals surface area contributed by atoms with Crippen LogP contribution in [0.3, 0.4) is 0 Å². The average molecular weight is 334 g/mol. The van der Waals surface area contributed by atoms with Crippen molar-refractivity contribution in [3.05, 3.63) is 47.2 Å². The molecule has 6 nitrogen and oxygen atoms in total. The Balaban J connectivity index is 1.43. The summed E-state index contributed by atoms with van der Waals surface area (Å²) in [4.78, 5) is 14.3. The van der Waals surface area contributed by atoms with Crippen molar-refractivity contribution in [1.29, 1.82) is 0 Å². The zero-order chi connectivity index (χ0) is 16.1. The van der Waals surface area contributed by atoms with E-state index in [-0.39, 0.29) is 18.5 Å². The maximum atomic E-state index is 12.0. The molecule has 1 aromatic heterocycles. The minimum atomic E-state index is -0.0138. The highest BCUT2D eigenvalue weighted by Crippen LogP contribution is 2.19. The van der Waals surface area contributed by atoms with Crippen molar-refractivity contribution < 1.29 is 4.79 Å². The second-order valence-corrected chi connectivity index (χ2v) is 6.22. The van der Waals surface area contributed by atoms with Crippen LogP contribution in [0.25, 0.3) is 0 Å². The molecule has 1 saturated heterocycles. The molecule has 0 spiro atoms. The fourth-order valence-electron chi connectivity index (χ4n) is 2.84. The van der Waals surface area contributed by atoms with E-state index in [0.29, 0.717) is 0 Å². The first-order chi connectivity index (χ1) is 11.2. The van der Waals surface area contributed by atoms with E-state index in [1.807, 2.05) is 18.2 Å². The van der Waals surface area contributed by atoms with Crippen molar-refractivity contribution in [2.45, 2.75) is 32.0 Å². The zero-order valence-corrected chi connectivity index (χ0v) is 13.6. The Morgan fingerprint density at radius 1 is 1.30 bits per heavy atom. The van der Waals surface area contributed by atoms with E-state index < -0.39 is 0 Å². The number of rotatable bonds is 5. The number of nitrogens with zero attached hydrogens (tertiary/aromatic N) is 4. The number of carbonyl (C=O) groups excluding carboxylic acids is 1. The maximum Gasteiger partial charge on any atom is 0.242 e. The number of likely N-dealkylation sites (tertiary alicyclic amines) is 1. The molecule has 1 amide bonds. The van der Waals surface area contributed by atoms with Crippen molar-refractivity contribution in [2.24, 2.45) is 0 Å². The van der Waals surface area contributed by atoms with Gasteiger partial charge < -0.3 is 5.32 Å². The summed E-state index contributed by atoms with van der Waals surface area (Å²) < 4.78 is 1.53. The molecule has 0 radical (unpaired) electrons. The monoisotopic (exact) mass is 333 g/mol. The molecule has 0 bridgehead atoms.